The Morgan fingerprint density at radius 3 is 3.06 bits per heavy atom. The number of aromatic nitrogens is 6. The summed E-state index contributed by atoms with van der Waals surface area (Å²) >= 11 is 0. The molecule has 1 saturated heterocycles. The van der Waals surface area contributed by atoms with Crippen LogP contribution in [0.15, 0.2) is 17.1 Å². The van der Waals surface area contributed by atoms with Crippen LogP contribution in [0.5, 0.6) is 0 Å². The minimum atomic E-state index is -0.0450. The van der Waals surface area contributed by atoms with Crippen molar-refractivity contribution in [1.82, 2.24) is 34.4 Å². The second-order valence-electron chi connectivity index (χ2n) is 8.67. The number of nitrogens with zero attached hydrogens (tertiary/aromatic N) is 7. The second-order valence-corrected chi connectivity index (χ2v) is 8.67. The molecule has 10 nitrogen and oxygen atoms in total. The zero-order valence-corrected chi connectivity index (χ0v) is 18.8. The number of nitrogens with one attached hydrogen (secondary N) is 1. The standard InChI is InChI=1S/C22H30N8O2/c1-15-25-21(18-13-24-28(2)22(18)26-15)23-12-17-5-3-4-7-29(17)8-9-30-20(31)11-16-14-32-10-6-19(16)27-30/h11,13,17H,3-10,12,14H2,1-2H3,(H,23,25,26). The molecule has 1 atom stereocenters. The van der Waals surface area contributed by atoms with E-state index in [1.807, 2.05) is 20.2 Å². The summed E-state index contributed by atoms with van der Waals surface area (Å²) in [4.78, 5) is 24.1. The number of ether oxygens (including phenoxy) is 1. The third-order valence-corrected chi connectivity index (χ3v) is 6.46. The van der Waals surface area contributed by atoms with Crippen molar-refractivity contribution in [2.75, 3.05) is 31.6 Å². The molecule has 170 valence electrons. The van der Waals surface area contributed by atoms with Gasteiger partial charge in [-0.2, -0.15) is 10.2 Å². The lowest BCUT2D eigenvalue weighted by atomic mass is 10.0. The van der Waals surface area contributed by atoms with Gasteiger partial charge in [0.25, 0.3) is 5.56 Å². The molecule has 3 aromatic rings. The third kappa shape index (κ3) is 4.24. The SMILES string of the molecule is Cc1nc(NCC2CCCCN2CCn2nc3c(cc2=O)COCC3)c2cnn(C)c2n1. The summed E-state index contributed by atoms with van der Waals surface area (Å²) in [6, 6.07) is 2.07. The van der Waals surface area contributed by atoms with E-state index < -0.39 is 0 Å². The quantitative estimate of drug-likeness (QED) is 0.614. The van der Waals surface area contributed by atoms with Crippen LogP contribution >= 0.6 is 0 Å². The molecular weight excluding hydrogens is 408 g/mol. The number of piperidine rings is 1. The molecule has 0 aromatic carbocycles. The molecule has 0 radical (unpaired) electrons. The molecule has 3 aromatic heterocycles. The largest absolute Gasteiger partial charge is 0.376 e. The predicted octanol–water partition coefficient (Wildman–Crippen LogP) is 1.27. The Kier molecular flexibility index (Phi) is 5.88. The summed E-state index contributed by atoms with van der Waals surface area (Å²) in [5.74, 6) is 1.56. The Bertz CT molecular complexity index is 1170. The predicted molar refractivity (Wildman–Crippen MR) is 121 cm³/mol. The fourth-order valence-electron chi connectivity index (χ4n) is 4.70. The maximum Gasteiger partial charge on any atom is 0.267 e. The topological polar surface area (TPSA) is 103 Å². The van der Waals surface area contributed by atoms with Gasteiger partial charge in [0.15, 0.2) is 5.65 Å². The molecule has 0 amide bonds. The number of anilines is 1. The van der Waals surface area contributed by atoms with Crippen LogP contribution in [0.1, 0.15) is 36.3 Å². The molecule has 32 heavy (non-hydrogen) atoms. The van der Waals surface area contributed by atoms with Crippen LogP contribution in [0.25, 0.3) is 11.0 Å². The number of aryl methyl sites for hydroxylation is 2. The van der Waals surface area contributed by atoms with Crippen molar-refractivity contribution in [2.45, 2.75) is 51.8 Å². The van der Waals surface area contributed by atoms with E-state index in [2.05, 4.69) is 30.4 Å². The van der Waals surface area contributed by atoms with Crippen molar-refractivity contribution in [3.8, 4) is 0 Å². The van der Waals surface area contributed by atoms with Crippen LogP contribution in [0.3, 0.4) is 0 Å². The summed E-state index contributed by atoms with van der Waals surface area (Å²) < 4.78 is 8.84. The molecule has 1 unspecified atom stereocenters. The molecule has 2 aliphatic heterocycles. The molecule has 1 N–H and O–H groups in total. The van der Waals surface area contributed by atoms with Gasteiger partial charge in [-0.05, 0) is 26.3 Å². The zero-order chi connectivity index (χ0) is 22.1. The first kappa shape index (κ1) is 21.0. The normalized spacial score (nSPS) is 19.2. The van der Waals surface area contributed by atoms with E-state index in [1.165, 1.54) is 12.8 Å². The van der Waals surface area contributed by atoms with Gasteiger partial charge >= 0.3 is 0 Å². The summed E-state index contributed by atoms with van der Waals surface area (Å²) in [7, 11) is 1.89. The van der Waals surface area contributed by atoms with E-state index in [9.17, 15) is 4.79 Å². The van der Waals surface area contributed by atoms with Gasteiger partial charge in [-0.1, -0.05) is 6.42 Å². The lowest BCUT2D eigenvalue weighted by Gasteiger charge is -2.36. The molecular formula is C22H30N8O2. The van der Waals surface area contributed by atoms with E-state index in [0.29, 0.717) is 25.8 Å². The van der Waals surface area contributed by atoms with Crippen molar-refractivity contribution in [2.24, 2.45) is 7.05 Å². The van der Waals surface area contributed by atoms with Crippen molar-refractivity contribution >= 4 is 16.9 Å². The molecule has 1 fully saturated rings. The van der Waals surface area contributed by atoms with Crippen molar-refractivity contribution in [1.29, 1.82) is 0 Å². The Morgan fingerprint density at radius 1 is 1.25 bits per heavy atom. The maximum atomic E-state index is 12.5. The lowest BCUT2D eigenvalue weighted by Crippen LogP contribution is -2.46. The molecule has 0 spiro atoms. The first-order chi connectivity index (χ1) is 15.6. The highest BCUT2D eigenvalue weighted by molar-refractivity contribution is 5.86. The van der Waals surface area contributed by atoms with Gasteiger partial charge in [-0.15, -0.1) is 0 Å². The molecule has 0 bridgehead atoms. The number of fused-ring (bicyclic) bond motifs is 2. The average Bonchev–Trinajstić information content (AvgIpc) is 3.17. The second kappa shape index (κ2) is 8.95. The minimum absolute atomic E-state index is 0.0450. The highest BCUT2D eigenvalue weighted by Gasteiger charge is 2.23. The van der Waals surface area contributed by atoms with Crippen LogP contribution in [0.2, 0.25) is 0 Å². The third-order valence-electron chi connectivity index (χ3n) is 6.46. The number of rotatable bonds is 6. The Labute approximate surface area is 186 Å². The van der Waals surface area contributed by atoms with E-state index in [0.717, 1.165) is 66.4 Å². The van der Waals surface area contributed by atoms with Gasteiger partial charge in [0.1, 0.15) is 11.6 Å². The Balaban J connectivity index is 1.27. The number of hydrogen-bond acceptors (Lipinski definition) is 8. The van der Waals surface area contributed by atoms with Crippen LogP contribution < -0.4 is 10.9 Å². The van der Waals surface area contributed by atoms with Crippen molar-refractivity contribution in [3.63, 3.8) is 0 Å². The fraction of sp³-hybridized carbons (Fsp3) is 0.591. The van der Waals surface area contributed by atoms with Crippen LogP contribution in [0, 0.1) is 6.92 Å². The van der Waals surface area contributed by atoms with E-state index >= 15 is 0 Å². The molecule has 5 heterocycles. The first-order valence-corrected chi connectivity index (χ1v) is 11.4. The van der Waals surface area contributed by atoms with Gasteiger partial charge in [0, 0.05) is 44.2 Å². The summed E-state index contributed by atoms with van der Waals surface area (Å²) in [6.45, 7) is 6.30. The number of hydrogen-bond donors (Lipinski definition) is 1. The van der Waals surface area contributed by atoms with Crippen molar-refractivity contribution < 1.29 is 4.74 Å². The summed E-state index contributed by atoms with van der Waals surface area (Å²) in [6.07, 6.45) is 6.10. The molecule has 0 aliphatic carbocycles. The lowest BCUT2D eigenvalue weighted by molar-refractivity contribution is 0.107. The van der Waals surface area contributed by atoms with Gasteiger partial charge < -0.3 is 10.1 Å². The Morgan fingerprint density at radius 2 is 2.16 bits per heavy atom. The summed E-state index contributed by atoms with van der Waals surface area (Å²) in [5.41, 5.74) is 2.71. The number of likely N-dealkylation sites (tertiary alicyclic amines) is 1. The summed E-state index contributed by atoms with van der Waals surface area (Å²) in [5, 5.41) is 13.4. The monoisotopic (exact) mass is 438 g/mol. The van der Waals surface area contributed by atoms with Gasteiger partial charge in [0.05, 0.1) is 37.0 Å². The van der Waals surface area contributed by atoms with Crippen LogP contribution in [0.4, 0.5) is 5.82 Å². The molecule has 10 heteroatoms. The zero-order valence-electron chi connectivity index (χ0n) is 18.8. The maximum absolute atomic E-state index is 12.5. The van der Waals surface area contributed by atoms with Crippen molar-refractivity contribution in [3.05, 3.63) is 39.7 Å². The van der Waals surface area contributed by atoms with Crippen LogP contribution in [-0.2, 0) is 31.4 Å². The molecule has 2 aliphatic rings. The van der Waals surface area contributed by atoms with E-state index in [-0.39, 0.29) is 5.56 Å². The molecule has 5 rings (SSSR count). The van der Waals surface area contributed by atoms with E-state index in [1.54, 1.807) is 15.4 Å². The van der Waals surface area contributed by atoms with Gasteiger partial charge in [-0.3, -0.25) is 14.4 Å². The Hall–Kier alpha value is -2.85. The fourth-order valence-corrected chi connectivity index (χ4v) is 4.70. The van der Waals surface area contributed by atoms with E-state index in [4.69, 9.17) is 4.74 Å². The van der Waals surface area contributed by atoms with Crippen LogP contribution in [-0.4, -0.2) is 66.7 Å². The smallest absolute Gasteiger partial charge is 0.267 e. The molecule has 0 saturated carbocycles. The minimum Gasteiger partial charge on any atom is -0.376 e. The van der Waals surface area contributed by atoms with Gasteiger partial charge in [-0.25, -0.2) is 14.6 Å². The van der Waals surface area contributed by atoms with Gasteiger partial charge in [0.2, 0.25) is 0 Å². The highest BCUT2D eigenvalue weighted by atomic mass is 16.5. The highest BCUT2D eigenvalue weighted by Crippen LogP contribution is 2.22. The first-order valence-electron chi connectivity index (χ1n) is 11.4. The average molecular weight is 439 g/mol.